The third-order valence-corrected chi connectivity index (χ3v) is 4.82. The van der Waals surface area contributed by atoms with E-state index in [1.807, 2.05) is 6.07 Å². The van der Waals surface area contributed by atoms with Crippen molar-refractivity contribution in [3.63, 3.8) is 0 Å². The summed E-state index contributed by atoms with van der Waals surface area (Å²) in [5.74, 6) is 1.61. The molecule has 3 heteroatoms. The van der Waals surface area contributed by atoms with Gasteiger partial charge in [0.15, 0.2) is 0 Å². The molecule has 0 spiro atoms. The number of methoxy groups -OCH3 is 1. The van der Waals surface area contributed by atoms with Crippen LogP contribution in [0.25, 0.3) is 0 Å². The normalized spacial score (nSPS) is 31.5. The summed E-state index contributed by atoms with van der Waals surface area (Å²) in [5.41, 5.74) is 2.57. The number of nitrogens with one attached hydrogen (secondary N) is 1. The second-order valence-electron chi connectivity index (χ2n) is 6.37. The average Bonchev–Trinajstić information content (AvgIpc) is 2.83. The zero-order valence-electron chi connectivity index (χ0n) is 12.2. The Labute approximate surface area is 115 Å². The van der Waals surface area contributed by atoms with E-state index in [1.54, 1.807) is 7.11 Å². The van der Waals surface area contributed by atoms with Gasteiger partial charge in [0, 0.05) is 29.7 Å². The van der Waals surface area contributed by atoms with Gasteiger partial charge in [0.25, 0.3) is 0 Å². The lowest BCUT2D eigenvalue weighted by Crippen LogP contribution is -2.63. The minimum atomic E-state index is 0.217. The Bertz CT molecular complexity index is 484. The molecule has 0 amide bonds. The number of rotatable bonds is 3. The molecule has 1 aliphatic carbocycles. The Morgan fingerprint density at radius 2 is 2.16 bits per heavy atom. The summed E-state index contributed by atoms with van der Waals surface area (Å²) in [6.07, 6.45) is 1.62. The van der Waals surface area contributed by atoms with E-state index < -0.39 is 0 Å². The summed E-state index contributed by atoms with van der Waals surface area (Å²) in [7, 11) is 1.71. The van der Waals surface area contributed by atoms with Crippen LogP contribution < -0.4 is 10.1 Å². The van der Waals surface area contributed by atoms with Crippen LogP contribution in [0, 0.1) is 18.3 Å². The molecule has 0 aromatic heterocycles. The third kappa shape index (κ3) is 1.91. The molecule has 1 aromatic carbocycles. The van der Waals surface area contributed by atoms with Gasteiger partial charge >= 0.3 is 0 Å². The second-order valence-corrected chi connectivity index (χ2v) is 6.37. The molecule has 2 aliphatic rings. The van der Waals surface area contributed by atoms with Crippen molar-refractivity contribution >= 4 is 5.69 Å². The van der Waals surface area contributed by atoms with E-state index in [0.717, 1.165) is 12.4 Å². The average molecular weight is 261 g/mol. The summed E-state index contributed by atoms with van der Waals surface area (Å²) in [6.45, 7) is 7.59. The molecule has 1 aliphatic heterocycles. The van der Waals surface area contributed by atoms with Crippen LogP contribution in [0.15, 0.2) is 18.2 Å². The summed E-state index contributed by atoms with van der Waals surface area (Å²) >= 11 is 0. The molecule has 1 N–H and O–H groups in total. The lowest BCUT2D eigenvalue weighted by molar-refractivity contribution is -0.0923. The maximum Gasteiger partial charge on any atom is 0.121 e. The first-order valence-electron chi connectivity index (χ1n) is 7.07. The number of fused-ring (bicyclic) bond motifs is 1. The Morgan fingerprint density at radius 1 is 1.37 bits per heavy atom. The number of anilines is 1. The fourth-order valence-corrected chi connectivity index (χ4v) is 3.77. The van der Waals surface area contributed by atoms with Gasteiger partial charge < -0.3 is 14.8 Å². The van der Waals surface area contributed by atoms with Crippen molar-refractivity contribution in [2.75, 3.05) is 19.0 Å². The summed E-state index contributed by atoms with van der Waals surface area (Å²) in [4.78, 5) is 0. The SMILES string of the molecule is COc1ccc(NC2C3CCOC3C2(C)C)cc1C. The lowest BCUT2D eigenvalue weighted by atomic mass is 9.57. The van der Waals surface area contributed by atoms with Gasteiger partial charge in [0.05, 0.1) is 13.2 Å². The number of benzene rings is 1. The molecule has 104 valence electrons. The van der Waals surface area contributed by atoms with Crippen LogP contribution >= 0.6 is 0 Å². The highest BCUT2D eigenvalue weighted by atomic mass is 16.5. The van der Waals surface area contributed by atoms with Crippen LogP contribution in [-0.2, 0) is 4.74 Å². The highest BCUT2D eigenvalue weighted by Gasteiger charge is 2.59. The Hall–Kier alpha value is -1.22. The molecule has 0 bridgehead atoms. The number of ether oxygens (including phenoxy) is 2. The largest absolute Gasteiger partial charge is 0.496 e. The van der Waals surface area contributed by atoms with Gasteiger partial charge in [0.2, 0.25) is 0 Å². The molecule has 3 atom stereocenters. The predicted octanol–water partition coefficient (Wildman–Crippen LogP) is 3.23. The zero-order chi connectivity index (χ0) is 13.6. The van der Waals surface area contributed by atoms with E-state index in [0.29, 0.717) is 18.1 Å². The van der Waals surface area contributed by atoms with Gasteiger partial charge in [-0.15, -0.1) is 0 Å². The van der Waals surface area contributed by atoms with Crippen LogP contribution in [0.5, 0.6) is 5.75 Å². The summed E-state index contributed by atoms with van der Waals surface area (Å²) in [5, 5.41) is 3.70. The van der Waals surface area contributed by atoms with Crippen LogP contribution in [0.4, 0.5) is 5.69 Å². The molecule has 1 saturated heterocycles. The van der Waals surface area contributed by atoms with E-state index in [4.69, 9.17) is 9.47 Å². The van der Waals surface area contributed by atoms with Crippen molar-refractivity contribution in [2.45, 2.75) is 39.3 Å². The highest BCUT2D eigenvalue weighted by Crippen LogP contribution is 2.53. The van der Waals surface area contributed by atoms with Crippen molar-refractivity contribution in [1.29, 1.82) is 0 Å². The van der Waals surface area contributed by atoms with Crippen molar-refractivity contribution in [1.82, 2.24) is 0 Å². The molecular weight excluding hydrogens is 238 g/mol. The standard InChI is InChI=1S/C16H23NO2/c1-10-9-11(5-6-13(10)18-4)17-14-12-7-8-19-15(12)16(14,2)3/h5-6,9,12,14-15,17H,7-8H2,1-4H3. The maximum atomic E-state index is 5.84. The number of hydrogen-bond donors (Lipinski definition) is 1. The summed E-state index contributed by atoms with van der Waals surface area (Å²) in [6, 6.07) is 6.81. The fraction of sp³-hybridized carbons (Fsp3) is 0.625. The van der Waals surface area contributed by atoms with Crippen LogP contribution in [0.1, 0.15) is 25.8 Å². The monoisotopic (exact) mass is 261 g/mol. The molecule has 3 nitrogen and oxygen atoms in total. The molecule has 1 heterocycles. The minimum Gasteiger partial charge on any atom is -0.496 e. The first kappa shape index (κ1) is 12.8. The Morgan fingerprint density at radius 3 is 2.84 bits per heavy atom. The predicted molar refractivity (Wildman–Crippen MR) is 76.8 cm³/mol. The lowest BCUT2D eigenvalue weighted by Gasteiger charge is -2.55. The van der Waals surface area contributed by atoms with Crippen molar-refractivity contribution in [3.8, 4) is 5.75 Å². The van der Waals surface area contributed by atoms with Gasteiger partial charge in [0.1, 0.15) is 5.75 Å². The molecule has 1 saturated carbocycles. The van der Waals surface area contributed by atoms with Crippen LogP contribution in [0.2, 0.25) is 0 Å². The van der Waals surface area contributed by atoms with E-state index in [2.05, 4.69) is 38.2 Å². The van der Waals surface area contributed by atoms with Gasteiger partial charge in [-0.1, -0.05) is 13.8 Å². The second kappa shape index (κ2) is 4.41. The van der Waals surface area contributed by atoms with Crippen LogP contribution in [0.3, 0.4) is 0 Å². The quantitative estimate of drug-likeness (QED) is 0.906. The Kier molecular flexibility index (Phi) is 2.97. The third-order valence-electron chi connectivity index (χ3n) is 4.82. The highest BCUT2D eigenvalue weighted by molar-refractivity contribution is 5.52. The van der Waals surface area contributed by atoms with E-state index in [9.17, 15) is 0 Å². The molecule has 3 rings (SSSR count). The first-order chi connectivity index (χ1) is 9.04. The number of aryl methyl sites for hydroxylation is 1. The van der Waals surface area contributed by atoms with Gasteiger partial charge in [-0.25, -0.2) is 0 Å². The molecule has 19 heavy (non-hydrogen) atoms. The topological polar surface area (TPSA) is 30.5 Å². The Balaban J connectivity index is 1.76. The van der Waals surface area contributed by atoms with Crippen LogP contribution in [-0.4, -0.2) is 25.9 Å². The van der Waals surface area contributed by atoms with Crippen molar-refractivity contribution in [2.24, 2.45) is 11.3 Å². The maximum absolute atomic E-state index is 5.84. The summed E-state index contributed by atoms with van der Waals surface area (Å²) < 4.78 is 11.1. The molecule has 0 radical (unpaired) electrons. The fourth-order valence-electron chi connectivity index (χ4n) is 3.77. The van der Waals surface area contributed by atoms with Gasteiger partial charge in [-0.2, -0.15) is 0 Å². The molecule has 1 aromatic rings. The number of hydrogen-bond acceptors (Lipinski definition) is 3. The molecule has 2 fully saturated rings. The van der Waals surface area contributed by atoms with E-state index >= 15 is 0 Å². The van der Waals surface area contributed by atoms with Crippen molar-refractivity contribution in [3.05, 3.63) is 23.8 Å². The smallest absolute Gasteiger partial charge is 0.121 e. The molecule has 3 unspecified atom stereocenters. The first-order valence-corrected chi connectivity index (χ1v) is 7.07. The van der Waals surface area contributed by atoms with E-state index in [-0.39, 0.29) is 5.41 Å². The molecular formula is C16H23NO2. The van der Waals surface area contributed by atoms with E-state index in [1.165, 1.54) is 17.7 Å². The van der Waals surface area contributed by atoms with Gasteiger partial charge in [-0.05, 0) is 37.1 Å². The zero-order valence-corrected chi connectivity index (χ0v) is 12.2. The van der Waals surface area contributed by atoms with Crippen molar-refractivity contribution < 1.29 is 9.47 Å². The van der Waals surface area contributed by atoms with Gasteiger partial charge in [-0.3, -0.25) is 0 Å². The minimum absolute atomic E-state index is 0.217.